The van der Waals surface area contributed by atoms with Crippen molar-refractivity contribution in [3.05, 3.63) is 76.4 Å². The molecular formula is C29H31F4N5O. The maximum Gasteiger partial charge on any atom is 0.416 e. The van der Waals surface area contributed by atoms with Crippen LogP contribution in [0.1, 0.15) is 83.4 Å². The van der Waals surface area contributed by atoms with Gasteiger partial charge in [-0.3, -0.25) is 4.79 Å². The number of aromatic nitrogens is 3. The SMILES string of the molecule is Cn1cnnc1C(c1cccc(N2Cc3c(cc(CNC4(C)CCC4)cc3C(F)(F)F)C2=O)c1)[C@H]1C[C@@H](F)C1. The monoisotopic (exact) mass is 541 g/mol. The van der Waals surface area contributed by atoms with Crippen molar-refractivity contribution in [1.82, 2.24) is 20.1 Å². The van der Waals surface area contributed by atoms with Crippen molar-refractivity contribution in [2.75, 3.05) is 4.90 Å². The fourth-order valence-electron chi connectivity index (χ4n) is 6.18. The Morgan fingerprint density at radius 1 is 1.18 bits per heavy atom. The van der Waals surface area contributed by atoms with Gasteiger partial charge in [-0.25, -0.2) is 4.39 Å². The topological polar surface area (TPSA) is 63.1 Å². The zero-order valence-corrected chi connectivity index (χ0v) is 21.9. The first-order chi connectivity index (χ1) is 18.5. The van der Waals surface area contributed by atoms with Gasteiger partial charge in [0.25, 0.3) is 5.91 Å². The van der Waals surface area contributed by atoms with E-state index in [4.69, 9.17) is 0 Å². The molecule has 2 heterocycles. The van der Waals surface area contributed by atoms with E-state index in [1.54, 1.807) is 29.1 Å². The van der Waals surface area contributed by atoms with Gasteiger partial charge in [0.15, 0.2) is 0 Å². The predicted molar refractivity (Wildman–Crippen MR) is 138 cm³/mol. The number of rotatable bonds is 7. The number of nitrogens with zero attached hydrogens (tertiary/aromatic N) is 4. The average Bonchev–Trinajstić information content (AvgIpc) is 3.43. The smallest absolute Gasteiger partial charge is 0.320 e. The van der Waals surface area contributed by atoms with E-state index in [1.807, 2.05) is 19.2 Å². The molecule has 0 radical (unpaired) electrons. The van der Waals surface area contributed by atoms with Crippen LogP contribution < -0.4 is 10.2 Å². The molecule has 2 aromatic carbocycles. The summed E-state index contributed by atoms with van der Waals surface area (Å²) in [6, 6.07) is 10.0. The molecule has 1 amide bonds. The van der Waals surface area contributed by atoms with Gasteiger partial charge < -0.3 is 14.8 Å². The van der Waals surface area contributed by atoms with Gasteiger partial charge in [0.2, 0.25) is 0 Å². The first-order valence-electron chi connectivity index (χ1n) is 13.4. The molecule has 10 heteroatoms. The third-order valence-electron chi connectivity index (χ3n) is 8.74. The molecule has 1 atom stereocenters. The zero-order chi connectivity index (χ0) is 27.5. The standard InChI is InChI=1S/C29H31F4N5O/c1-28(7-4-8-28)34-14-17-9-22-23(24(10-17)29(31,32)33)15-38(27(22)39)21-6-3-5-18(13-21)25(19-11-20(30)12-19)26-36-35-16-37(26)2/h3,5-6,9-10,13,16,19-20,25,34H,4,7-8,11-12,14-15H2,1-2H3/t19-,20+,25?. The number of aryl methyl sites for hydroxylation is 1. The lowest BCUT2D eigenvalue weighted by Gasteiger charge is -2.39. The molecule has 0 bridgehead atoms. The van der Waals surface area contributed by atoms with E-state index >= 15 is 0 Å². The van der Waals surface area contributed by atoms with E-state index in [-0.39, 0.29) is 41.6 Å². The number of halogens is 4. The third kappa shape index (κ3) is 4.73. The summed E-state index contributed by atoms with van der Waals surface area (Å²) in [5, 5.41) is 11.6. The normalized spacial score (nSPS) is 22.8. The van der Waals surface area contributed by atoms with Gasteiger partial charge >= 0.3 is 6.18 Å². The zero-order valence-electron chi connectivity index (χ0n) is 21.9. The summed E-state index contributed by atoms with van der Waals surface area (Å²) in [6.45, 7) is 2.18. The Kier molecular flexibility index (Phi) is 6.28. The van der Waals surface area contributed by atoms with Crippen LogP contribution >= 0.6 is 0 Å². The van der Waals surface area contributed by atoms with E-state index in [2.05, 4.69) is 22.4 Å². The Morgan fingerprint density at radius 3 is 2.56 bits per heavy atom. The van der Waals surface area contributed by atoms with Gasteiger partial charge in [-0.15, -0.1) is 10.2 Å². The number of hydrogen-bond donors (Lipinski definition) is 1. The minimum absolute atomic E-state index is 0.000578. The molecule has 6 rings (SSSR count). The highest BCUT2D eigenvalue weighted by Gasteiger charge is 2.42. The van der Waals surface area contributed by atoms with Crippen molar-refractivity contribution in [1.29, 1.82) is 0 Å². The fourth-order valence-corrected chi connectivity index (χ4v) is 6.18. The van der Waals surface area contributed by atoms with Gasteiger partial charge in [-0.2, -0.15) is 13.2 Å². The quantitative estimate of drug-likeness (QED) is 0.378. The van der Waals surface area contributed by atoms with Crippen LogP contribution in [0.15, 0.2) is 42.7 Å². The van der Waals surface area contributed by atoms with Crippen LogP contribution in [0.25, 0.3) is 0 Å². The number of carbonyl (C=O) groups is 1. The second-order valence-electron chi connectivity index (χ2n) is 11.5. The lowest BCUT2D eigenvalue weighted by atomic mass is 9.71. The fraction of sp³-hybridized carbons (Fsp3) is 0.483. The molecular weight excluding hydrogens is 510 g/mol. The molecule has 2 fully saturated rings. The Labute approximate surface area is 224 Å². The highest BCUT2D eigenvalue weighted by Crippen LogP contribution is 2.45. The average molecular weight is 542 g/mol. The molecule has 2 saturated carbocycles. The van der Waals surface area contributed by atoms with Gasteiger partial charge in [0.05, 0.1) is 12.1 Å². The number of anilines is 1. The molecule has 6 nitrogen and oxygen atoms in total. The van der Waals surface area contributed by atoms with Crippen LogP contribution in [0.5, 0.6) is 0 Å². The van der Waals surface area contributed by atoms with E-state index in [1.165, 1.54) is 11.0 Å². The van der Waals surface area contributed by atoms with E-state index in [9.17, 15) is 22.4 Å². The Morgan fingerprint density at radius 2 is 1.95 bits per heavy atom. The number of nitrogens with one attached hydrogen (secondary N) is 1. The lowest BCUT2D eigenvalue weighted by molar-refractivity contribution is -0.138. The Hall–Kier alpha value is -3.27. The first kappa shape index (κ1) is 26.0. The van der Waals surface area contributed by atoms with E-state index in [0.29, 0.717) is 29.9 Å². The predicted octanol–water partition coefficient (Wildman–Crippen LogP) is 5.91. The maximum atomic E-state index is 14.2. The van der Waals surface area contributed by atoms with Crippen LogP contribution in [0, 0.1) is 5.92 Å². The number of fused-ring (bicyclic) bond motifs is 1. The summed E-state index contributed by atoms with van der Waals surface area (Å²) in [6.07, 6.45) is 0.0172. The first-order valence-corrected chi connectivity index (χ1v) is 13.4. The molecule has 1 N–H and O–H groups in total. The summed E-state index contributed by atoms with van der Waals surface area (Å²) in [4.78, 5) is 15.0. The van der Waals surface area contributed by atoms with E-state index < -0.39 is 23.8 Å². The molecule has 1 aliphatic heterocycles. The molecule has 3 aromatic rings. The highest BCUT2D eigenvalue weighted by molar-refractivity contribution is 6.10. The van der Waals surface area contributed by atoms with Crippen LogP contribution in [0.2, 0.25) is 0 Å². The molecule has 3 aliphatic rings. The highest BCUT2D eigenvalue weighted by atomic mass is 19.4. The molecule has 0 spiro atoms. The van der Waals surface area contributed by atoms with Gasteiger partial charge in [-0.1, -0.05) is 12.1 Å². The summed E-state index contributed by atoms with van der Waals surface area (Å²) in [5.41, 5.74) is 1.05. The van der Waals surface area contributed by atoms with Crippen molar-refractivity contribution >= 4 is 11.6 Å². The summed E-state index contributed by atoms with van der Waals surface area (Å²) in [5.74, 6) is 0.0265. The van der Waals surface area contributed by atoms with Gasteiger partial charge in [0, 0.05) is 36.3 Å². The summed E-state index contributed by atoms with van der Waals surface area (Å²) < 4.78 is 58.1. The lowest BCUT2D eigenvalue weighted by Crippen LogP contribution is -2.47. The second-order valence-corrected chi connectivity index (χ2v) is 11.5. The Balaban J connectivity index is 1.33. The van der Waals surface area contributed by atoms with Crippen molar-refractivity contribution in [2.45, 2.75) is 75.9 Å². The molecule has 206 valence electrons. The molecule has 39 heavy (non-hydrogen) atoms. The molecule has 1 unspecified atom stereocenters. The Bertz CT molecular complexity index is 1410. The van der Waals surface area contributed by atoms with Crippen LogP contribution in [-0.2, 0) is 26.3 Å². The largest absolute Gasteiger partial charge is 0.416 e. The summed E-state index contributed by atoms with van der Waals surface area (Å²) >= 11 is 0. The second kappa shape index (κ2) is 9.43. The molecule has 2 aliphatic carbocycles. The van der Waals surface area contributed by atoms with Gasteiger partial charge in [-0.05, 0) is 85.9 Å². The van der Waals surface area contributed by atoms with Crippen molar-refractivity contribution in [2.24, 2.45) is 13.0 Å². The van der Waals surface area contributed by atoms with Gasteiger partial charge in [0.1, 0.15) is 18.3 Å². The van der Waals surface area contributed by atoms with E-state index in [0.717, 1.165) is 24.8 Å². The van der Waals surface area contributed by atoms with Crippen LogP contribution in [0.3, 0.4) is 0 Å². The molecule has 0 saturated heterocycles. The van der Waals surface area contributed by atoms with Crippen molar-refractivity contribution < 1.29 is 22.4 Å². The van der Waals surface area contributed by atoms with Crippen molar-refractivity contribution in [3.63, 3.8) is 0 Å². The number of carbonyl (C=O) groups excluding carboxylic acids is 1. The summed E-state index contributed by atoms with van der Waals surface area (Å²) in [7, 11) is 1.83. The number of hydrogen-bond acceptors (Lipinski definition) is 4. The number of alkyl halides is 4. The van der Waals surface area contributed by atoms with Crippen molar-refractivity contribution in [3.8, 4) is 0 Å². The minimum Gasteiger partial charge on any atom is -0.320 e. The maximum absolute atomic E-state index is 14.2. The minimum atomic E-state index is -4.58. The number of amides is 1. The number of benzene rings is 2. The third-order valence-corrected chi connectivity index (χ3v) is 8.74. The van der Waals surface area contributed by atoms with Crippen LogP contribution in [-0.4, -0.2) is 32.4 Å². The van der Waals surface area contributed by atoms with Crippen LogP contribution in [0.4, 0.5) is 23.2 Å². The molecule has 1 aromatic heterocycles.